The van der Waals surface area contributed by atoms with E-state index < -0.39 is 0 Å². The fourth-order valence-corrected chi connectivity index (χ4v) is 2.18. The molecule has 3 heteroatoms. The first-order valence-electron chi connectivity index (χ1n) is 6.82. The highest BCUT2D eigenvalue weighted by Crippen LogP contribution is 2.19. The van der Waals surface area contributed by atoms with Crippen LogP contribution < -0.4 is 0 Å². The van der Waals surface area contributed by atoms with Crippen LogP contribution in [0.1, 0.15) is 43.8 Å². The molecule has 2 atom stereocenters. The van der Waals surface area contributed by atoms with Gasteiger partial charge in [-0.3, -0.25) is 0 Å². The van der Waals surface area contributed by atoms with E-state index in [1.54, 1.807) is 0 Å². The van der Waals surface area contributed by atoms with Gasteiger partial charge in [0.25, 0.3) is 0 Å². The fourth-order valence-electron chi connectivity index (χ4n) is 2.18. The largest absolute Gasteiger partial charge is 0.388 e. The fraction of sp³-hybridized carbons (Fsp3) is 0.600. The van der Waals surface area contributed by atoms with Crippen LogP contribution in [0.3, 0.4) is 0 Å². The third kappa shape index (κ3) is 4.41. The Labute approximate surface area is 109 Å². The van der Waals surface area contributed by atoms with Gasteiger partial charge in [0, 0.05) is 13.2 Å². The van der Waals surface area contributed by atoms with E-state index >= 15 is 0 Å². The standard InChI is InChI=1S/C15H22O3/c16-14(13-7-2-1-3-8-13)9-6-12-18-15-10-4-5-11-17-15/h1-3,7-8,14-16H,4-6,9-12H2. The predicted octanol–water partition coefficient (Wildman–Crippen LogP) is 3.04. The third-order valence-corrected chi connectivity index (χ3v) is 3.25. The summed E-state index contributed by atoms with van der Waals surface area (Å²) in [5, 5.41) is 9.97. The molecule has 2 unspecified atom stereocenters. The molecule has 1 heterocycles. The molecule has 0 saturated carbocycles. The maximum Gasteiger partial charge on any atom is 0.157 e. The summed E-state index contributed by atoms with van der Waals surface area (Å²) < 4.78 is 11.1. The van der Waals surface area contributed by atoms with Crippen molar-refractivity contribution >= 4 is 0 Å². The van der Waals surface area contributed by atoms with Gasteiger partial charge in [-0.15, -0.1) is 0 Å². The van der Waals surface area contributed by atoms with Crippen molar-refractivity contribution in [2.45, 2.75) is 44.5 Å². The van der Waals surface area contributed by atoms with Gasteiger partial charge in [0.05, 0.1) is 6.10 Å². The lowest BCUT2D eigenvalue weighted by Crippen LogP contribution is -2.22. The molecule has 1 saturated heterocycles. The molecule has 0 aromatic heterocycles. The average molecular weight is 250 g/mol. The van der Waals surface area contributed by atoms with E-state index in [4.69, 9.17) is 9.47 Å². The quantitative estimate of drug-likeness (QED) is 0.789. The van der Waals surface area contributed by atoms with E-state index in [9.17, 15) is 5.11 Å². The number of rotatable bonds is 6. The number of ether oxygens (including phenoxy) is 2. The Kier molecular flexibility index (Phi) is 5.65. The SMILES string of the molecule is OC(CCCOC1CCCCO1)c1ccccc1. The Morgan fingerprint density at radius 1 is 1.28 bits per heavy atom. The zero-order valence-electron chi connectivity index (χ0n) is 10.8. The summed E-state index contributed by atoms with van der Waals surface area (Å²) in [4.78, 5) is 0. The minimum Gasteiger partial charge on any atom is -0.388 e. The van der Waals surface area contributed by atoms with Crippen LogP contribution in [-0.2, 0) is 9.47 Å². The number of aliphatic hydroxyl groups is 1. The average Bonchev–Trinajstić information content (AvgIpc) is 2.45. The van der Waals surface area contributed by atoms with Crippen molar-refractivity contribution in [1.29, 1.82) is 0 Å². The number of aliphatic hydroxyl groups excluding tert-OH is 1. The zero-order valence-corrected chi connectivity index (χ0v) is 10.8. The number of hydrogen-bond donors (Lipinski definition) is 1. The third-order valence-electron chi connectivity index (χ3n) is 3.25. The first-order chi connectivity index (χ1) is 8.86. The molecule has 1 aliphatic heterocycles. The highest BCUT2D eigenvalue weighted by molar-refractivity contribution is 5.16. The molecule has 1 aromatic rings. The second-order valence-corrected chi connectivity index (χ2v) is 4.74. The van der Waals surface area contributed by atoms with Crippen molar-refractivity contribution in [2.75, 3.05) is 13.2 Å². The molecule has 100 valence electrons. The van der Waals surface area contributed by atoms with Crippen LogP contribution in [0, 0.1) is 0 Å². The van der Waals surface area contributed by atoms with Crippen LogP contribution >= 0.6 is 0 Å². The highest BCUT2D eigenvalue weighted by Gasteiger charge is 2.14. The van der Waals surface area contributed by atoms with Crippen molar-refractivity contribution < 1.29 is 14.6 Å². The van der Waals surface area contributed by atoms with Crippen LogP contribution in [-0.4, -0.2) is 24.6 Å². The van der Waals surface area contributed by atoms with E-state index in [0.717, 1.165) is 37.9 Å². The minimum atomic E-state index is -0.387. The summed E-state index contributed by atoms with van der Waals surface area (Å²) in [6.07, 6.45) is 4.52. The molecular weight excluding hydrogens is 228 g/mol. The first-order valence-corrected chi connectivity index (χ1v) is 6.82. The maximum absolute atomic E-state index is 9.97. The molecule has 1 fully saturated rings. The summed E-state index contributed by atoms with van der Waals surface area (Å²) >= 11 is 0. The molecule has 0 spiro atoms. The van der Waals surface area contributed by atoms with Crippen molar-refractivity contribution in [2.24, 2.45) is 0 Å². The molecule has 2 rings (SSSR count). The molecule has 0 amide bonds. The normalized spacial score (nSPS) is 21.7. The Balaban J connectivity index is 1.60. The van der Waals surface area contributed by atoms with Crippen molar-refractivity contribution in [3.63, 3.8) is 0 Å². The van der Waals surface area contributed by atoms with Gasteiger partial charge in [0.1, 0.15) is 0 Å². The lowest BCUT2D eigenvalue weighted by atomic mass is 10.1. The smallest absolute Gasteiger partial charge is 0.157 e. The van der Waals surface area contributed by atoms with Crippen LogP contribution in [0.4, 0.5) is 0 Å². The topological polar surface area (TPSA) is 38.7 Å². The van der Waals surface area contributed by atoms with Gasteiger partial charge in [-0.1, -0.05) is 30.3 Å². The monoisotopic (exact) mass is 250 g/mol. The lowest BCUT2D eigenvalue weighted by molar-refractivity contribution is -0.163. The Morgan fingerprint density at radius 2 is 2.11 bits per heavy atom. The van der Waals surface area contributed by atoms with E-state index in [1.165, 1.54) is 6.42 Å². The van der Waals surface area contributed by atoms with E-state index in [2.05, 4.69) is 0 Å². The molecule has 0 aliphatic carbocycles. The Morgan fingerprint density at radius 3 is 2.83 bits per heavy atom. The molecule has 1 N–H and O–H groups in total. The molecule has 3 nitrogen and oxygen atoms in total. The van der Waals surface area contributed by atoms with E-state index in [1.807, 2.05) is 30.3 Å². The molecule has 0 bridgehead atoms. The summed E-state index contributed by atoms with van der Waals surface area (Å²) in [6.45, 7) is 1.48. The zero-order chi connectivity index (χ0) is 12.6. The second-order valence-electron chi connectivity index (χ2n) is 4.74. The van der Waals surface area contributed by atoms with Gasteiger partial charge in [-0.05, 0) is 37.7 Å². The van der Waals surface area contributed by atoms with Crippen molar-refractivity contribution in [3.05, 3.63) is 35.9 Å². The molecular formula is C15H22O3. The molecule has 1 aliphatic rings. The van der Waals surface area contributed by atoms with Crippen LogP contribution in [0.15, 0.2) is 30.3 Å². The van der Waals surface area contributed by atoms with Crippen molar-refractivity contribution in [3.8, 4) is 0 Å². The summed E-state index contributed by atoms with van der Waals surface area (Å²) in [6, 6.07) is 9.77. The van der Waals surface area contributed by atoms with Gasteiger partial charge in [-0.2, -0.15) is 0 Å². The van der Waals surface area contributed by atoms with E-state index in [0.29, 0.717) is 6.61 Å². The Hall–Kier alpha value is -0.900. The summed E-state index contributed by atoms with van der Waals surface area (Å²) in [7, 11) is 0. The van der Waals surface area contributed by atoms with Gasteiger partial charge < -0.3 is 14.6 Å². The van der Waals surface area contributed by atoms with Crippen LogP contribution in [0.2, 0.25) is 0 Å². The lowest BCUT2D eigenvalue weighted by Gasteiger charge is -2.22. The summed E-state index contributed by atoms with van der Waals surface area (Å²) in [5.41, 5.74) is 0.978. The van der Waals surface area contributed by atoms with E-state index in [-0.39, 0.29) is 12.4 Å². The number of benzene rings is 1. The van der Waals surface area contributed by atoms with Gasteiger partial charge in [-0.25, -0.2) is 0 Å². The molecule has 0 radical (unpaired) electrons. The Bertz CT molecular complexity index is 320. The summed E-state index contributed by atoms with van der Waals surface area (Å²) in [5.74, 6) is 0. The second kappa shape index (κ2) is 7.52. The maximum atomic E-state index is 9.97. The van der Waals surface area contributed by atoms with Gasteiger partial charge in [0.2, 0.25) is 0 Å². The minimum absolute atomic E-state index is 0.0207. The first kappa shape index (κ1) is 13.5. The highest BCUT2D eigenvalue weighted by atomic mass is 16.7. The molecule has 1 aromatic carbocycles. The predicted molar refractivity (Wildman–Crippen MR) is 70.2 cm³/mol. The number of hydrogen-bond acceptors (Lipinski definition) is 3. The van der Waals surface area contributed by atoms with Gasteiger partial charge >= 0.3 is 0 Å². The molecule has 18 heavy (non-hydrogen) atoms. The van der Waals surface area contributed by atoms with Gasteiger partial charge in [0.15, 0.2) is 6.29 Å². The van der Waals surface area contributed by atoms with Crippen LogP contribution in [0.5, 0.6) is 0 Å². The van der Waals surface area contributed by atoms with Crippen molar-refractivity contribution in [1.82, 2.24) is 0 Å². The van der Waals surface area contributed by atoms with Crippen LogP contribution in [0.25, 0.3) is 0 Å².